The number of carbonyl (C=O) groups excluding carboxylic acids is 2. The first-order valence-electron chi connectivity index (χ1n) is 8.99. The Kier molecular flexibility index (Phi) is 7.49. The average molecular weight is 372 g/mol. The van der Waals surface area contributed by atoms with E-state index in [9.17, 15) is 19.1 Å². The predicted molar refractivity (Wildman–Crippen MR) is 102 cm³/mol. The topological polar surface area (TPSA) is 78.4 Å². The van der Waals surface area contributed by atoms with Crippen molar-refractivity contribution in [1.29, 1.82) is 0 Å². The summed E-state index contributed by atoms with van der Waals surface area (Å²) in [4.78, 5) is 25.0. The van der Waals surface area contributed by atoms with E-state index in [0.717, 1.165) is 0 Å². The molecule has 0 radical (unpaired) electrons. The van der Waals surface area contributed by atoms with E-state index in [4.69, 9.17) is 0 Å². The number of amides is 2. The van der Waals surface area contributed by atoms with Gasteiger partial charge in [-0.15, -0.1) is 0 Å². The van der Waals surface area contributed by atoms with Crippen LogP contribution in [0.25, 0.3) is 0 Å². The molecule has 6 heteroatoms. The molecule has 0 saturated heterocycles. The third-order valence-corrected chi connectivity index (χ3v) is 4.52. The van der Waals surface area contributed by atoms with Crippen molar-refractivity contribution in [2.24, 2.45) is 5.92 Å². The van der Waals surface area contributed by atoms with Gasteiger partial charge in [0.1, 0.15) is 11.9 Å². The zero-order chi connectivity index (χ0) is 19.8. The monoisotopic (exact) mass is 372 g/mol. The lowest BCUT2D eigenvalue weighted by molar-refractivity contribution is -0.124. The first-order valence-corrected chi connectivity index (χ1v) is 8.99. The predicted octanol–water partition coefficient (Wildman–Crippen LogP) is 2.82. The Morgan fingerprint density at radius 3 is 2.44 bits per heavy atom. The number of aliphatic hydroxyl groups is 1. The van der Waals surface area contributed by atoms with Gasteiger partial charge in [0, 0.05) is 12.1 Å². The number of halogens is 1. The van der Waals surface area contributed by atoms with Crippen LogP contribution in [0.4, 0.5) is 4.39 Å². The molecule has 3 atom stereocenters. The van der Waals surface area contributed by atoms with Gasteiger partial charge in [-0.25, -0.2) is 4.39 Å². The van der Waals surface area contributed by atoms with E-state index < -0.39 is 18.0 Å². The van der Waals surface area contributed by atoms with Crippen LogP contribution in [0.15, 0.2) is 54.6 Å². The lowest BCUT2D eigenvalue weighted by atomic mass is 9.97. The minimum absolute atomic E-state index is 0.0730. The summed E-state index contributed by atoms with van der Waals surface area (Å²) in [5.74, 6) is -1.26. The van der Waals surface area contributed by atoms with Crippen LogP contribution in [0.5, 0.6) is 0 Å². The number of hydrogen-bond donors (Lipinski definition) is 3. The summed E-state index contributed by atoms with van der Waals surface area (Å²) in [5, 5.41) is 15.6. The van der Waals surface area contributed by atoms with Crippen LogP contribution >= 0.6 is 0 Å². The molecule has 2 amide bonds. The first-order chi connectivity index (χ1) is 12.9. The molecule has 0 fully saturated rings. The van der Waals surface area contributed by atoms with Gasteiger partial charge >= 0.3 is 0 Å². The second-order valence-corrected chi connectivity index (χ2v) is 6.52. The lowest BCUT2D eigenvalue weighted by Gasteiger charge is -2.24. The van der Waals surface area contributed by atoms with Gasteiger partial charge in [0.15, 0.2) is 0 Å². The smallest absolute Gasteiger partial charge is 0.251 e. The molecule has 27 heavy (non-hydrogen) atoms. The molecule has 3 unspecified atom stereocenters. The maximum atomic E-state index is 13.3. The zero-order valence-corrected chi connectivity index (χ0v) is 15.5. The highest BCUT2D eigenvalue weighted by Gasteiger charge is 2.26. The van der Waals surface area contributed by atoms with Crippen molar-refractivity contribution in [3.8, 4) is 0 Å². The highest BCUT2D eigenvalue weighted by Crippen LogP contribution is 2.14. The summed E-state index contributed by atoms with van der Waals surface area (Å²) in [6, 6.07) is 13.5. The highest BCUT2D eigenvalue weighted by molar-refractivity contribution is 5.97. The van der Waals surface area contributed by atoms with E-state index in [2.05, 4.69) is 10.6 Å². The standard InChI is InChI=1S/C21H25FN2O3/c1-3-14(2)19(24-20(26)15-8-5-4-6-9-15)21(27)23-13-18(25)16-10-7-11-17(22)12-16/h4-12,14,18-19,25H,3,13H2,1-2H3,(H,23,27)(H,24,26). The molecule has 2 aromatic carbocycles. The van der Waals surface area contributed by atoms with Crippen molar-refractivity contribution in [2.45, 2.75) is 32.4 Å². The molecular weight excluding hydrogens is 347 g/mol. The molecule has 2 aromatic rings. The van der Waals surface area contributed by atoms with Gasteiger partial charge in [0.05, 0.1) is 6.10 Å². The number of aliphatic hydroxyl groups excluding tert-OH is 1. The second-order valence-electron chi connectivity index (χ2n) is 6.52. The number of benzene rings is 2. The van der Waals surface area contributed by atoms with Crippen molar-refractivity contribution in [3.05, 3.63) is 71.5 Å². The third-order valence-electron chi connectivity index (χ3n) is 4.52. The Hall–Kier alpha value is -2.73. The SMILES string of the molecule is CCC(C)C(NC(=O)c1ccccc1)C(=O)NCC(O)c1cccc(F)c1. The number of carbonyl (C=O) groups is 2. The number of rotatable bonds is 8. The molecule has 144 valence electrons. The maximum absolute atomic E-state index is 13.3. The van der Waals surface area contributed by atoms with E-state index >= 15 is 0 Å². The van der Waals surface area contributed by atoms with Crippen LogP contribution < -0.4 is 10.6 Å². The summed E-state index contributed by atoms with van der Waals surface area (Å²) in [5.41, 5.74) is 0.849. The Balaban J connectivity index is 2.01. The fourth-order valence-corrected chi connectivity index (χ4v) is 2.65. The largest absolute Gasteiger partial charge is 0.387 e. The van der Waals surface area contributed by atoms with Crippen LogP contribution in [0.2, 0.25) is 0 Å². The minimum Gasteiger partial charge on any atom is -0.387 e. The first kappa shape index (κ1) is 20.6. The molecule has 0 bridgehead atoms. The third kappa shape index (κ3) is 5.89. The zero-order valence-electron chi connectivity index (χ0n) is 15.5. The molecule has 0 aliphatic rings. The van der Waals surface area contributed by atoms with Gasteiger partial charge in [-0.05, 0) is 35.7 Å². The second kappa shape index (κ2) is 9.83. The van der Waals surface area contributed by atoms with Gasteiger partial charge < -0.3 is 15.7 Å². The maximum Gasteiger partial charge on any atom is 0.251 e. The van der Waals surface area contributed by atoms with Gasteiger partial charge in [-0.3, -0.25) is 9.59 Å². The van der Waals surface area contributed by atoms with Crippen molar-refractivity contribution < 1.29 is 19.1 Å². The highest BCUT2D eigenvalue weighted by atomic mass is 19.1. The molecule has 3 N–H and O–H groups in total. The van der Waals surface area contributed by atoms with Crippen LogP contribution in [-0.4, -0.2) is 29.5 Å². The molecule has 0 spiro atoms. The molecular formula is C21H25FN2O3. The summed E-state index contributed by atoms with van der Waals surface area (Å²) < 4.78 is 13.3. The van der Waals surface area contributed by atoms with Gasteiger partial charge in [-0.2, -0.15) is 0 Å². The van der Waals surface area contributed by atoms with Crippen molar-refractivity contribution in [2.75, 3.05) is 6.54 Å². The Labute approximate surface area is 158 Å². The fraction of sp³-hybridized carbons (Fsp3) is 0.333. The van der Waals surface area contributed by atoms with E-state index in [1.807, 2.05) is 19.9 Å². The van der Waals surface area contributed by atoms with E-state index in [1.165, 1.54) is 18.2 Å². The molecule has 2 rings (SSSR count). The molecule has 0 aromatic heterocycles. The minimum atomic E-state index is -1.04. The van der Waals surface area contributed by atoms with E-state index in [0.29, 0.717) is 17.5 Å². The lowest BCUT2D eigenvalue weighted by Crippen LogP contribution is -2.50. The summed E-state index contributed by atoms with van der Waals surface area (Å²) in [6.07, 6.45) is -0.341. The van der Waals surface area contributed by atoms with E-state index in [-0.39, 0.29) is 24.3 Å². The molecule has 5 nitrogen and oxygen atoms in total. The summed E-state index contributed by atoms with van der Waals surface area (Å²) >= 11 is 0. The van der Waals surface area contributed by atoms with Gasteiger partial charge in [-0.1, -0.05) is 50.6 Å². The Morgan fingerprint density at radius 2 is 1.81 bits per heavy atom. The normalized spacial score (nSPS) is 14.1. The summed E-state index contributed by atoms with van der Waals surface area (Å²) in [7, 11) is 0. The van der Waals surface area contributed by atoms with Gasteiger partial charge in [0.25, 0.3) is 5.91 Å². The van der Waals surface area contributed by atoms with Crippen molar-refractivity contribution >= 4 is 11.8 Å². The Bertz CT molecular complexity index is 767. The average Bonchev–Trinajstić information content (AvgIpc) is 2.69. The molecule has 0 aliphatic carbocycles. The molecule has 0 saturated carbocycles. The van der Waals surface area contributed by atoms with Crippen LogP contribution in [0, 0.1) is 11.7 Å². The van der Waals surface area contributed by atoms with E-state index in [1.54, 1.807) is 30.3 Å². The number of nitrogens with one attached hydrogen (secondary N) is 2. The number of hydrogen-bond acceptors (Lipinski definition) is 3. The van der Waals surface area contributed by atoms with Crippen molar-refractivity contribution in [3.63, 3.8) is 0 Å². The fourth-order valence-electron chi connectivity index (χ4n) is 2.65. The van der Waals surface area contributed by atoms with Crippen LogP contribution in [-0.2, 0) is 4.79 Å². The van der Waals surface area contributed by atoms with Crippen molar-refractivity contribution in [1.82, 2.24) is 10.6 Å². The quantitative estimate of drug-likeness (QED) is 0.667. The molecule has 0 aliphatic heterocycles. The van der Waals surface area contributed by atoms with Crippen LogP contribution in [0.1, 0.15) is 42.3 Å². The summed E-state index contributed by atoms with van der Waals surface area (Å²) in [6.45, 7) is 3.73. The molecule has 0 heterocycles. The van der Waals surface area contributed by atoms with Crippen LogP contribution in [0.3, 0.4) is 0 Å². The van der Waals surface area contributed by atoms with Gasteiger partial charge in [0.2, 0.25) is 5.91 Å². The Morgan fingerprint density at radius 1 is 1.11 bits per heavy atom.